The molecule has 7 nitrogen and oxygen atoms in total. The minimum atomic E-state index is -1.22. The monoisotopic (exact) mass is 626 g/mol. The maximum atomic E-state index is 14.9. The summed E-state index contributed by atoms with van der Waals surface area (Å²) in [4.78, 5) is 39.2. The van der Waals surface area contributed by atoms with Gasteiger partial charge in [-0.2, -0.15) is 0 Å². The molecule has 0 fully saturated rings. The number of hydrogen-bond acceptors (Lipinski definition) is 6. The highest BCUT2D eigenvalue weighted by Crippen LogP contribution is 2.26. The fraction of sp³-hybridized carbons (Fsp3) is 0.625. The minimum absolute atomic E-state index is 0.108. The fourth-order valence-corrected chi connectivity index (χ4v) is 3.91. The summed E-state index contributed by atoms with van der Waals surface area (Å²) in [7, 11) is 0. The van der Waals surface area contributed by atoms with Gasteiger partial charge in [0.2, 0.25) is 0 Å². The summed E-state index contributed by atoms with van der Waals surface area (Å²) < 4.78 is 40.3. The van der Waals surface area contributed by atoms with Crippen molar-refractivity contribution in [3.8, 4) is 0 Å². The third kappa shape index (κ3) is 11.2. The van der Waals surface area contributed by atoms with Crippen LogP contribution in [0.2, 0.25) is 0 Å². The molecule has 0 heterocycles. The fourth-order valence-electron chi connectivity index (χ4n) is 3.06. The number of benzene rings is 1. The second kappa shape index (κ2) is 13.5. The van der Waals surface area contributed by atoms with E-state index in [0.717, 1.165) is 12.1 Å². The van der Waals surface area contributed by atoms with Gasteiger partial charge in [-0.3, -0.25) is 9.59 Å². The maximum absolute atomic E-state index is 14.9. The van der Waals surface area contributed by atoms with Crippen LogP contribution in [0.25, 0.3) is 0 Å². The Morgan fingerprint density at radius 1 is 0.943 bits per heavy atom. The number of nitrogens with zero attached hydrogens (tertiary/aromatic N) is 1. The van der Waals surface area contributed by atoms with Crippen molar-refractivity contribution in [2.45, 2.75) is 71.6 Å². The van der Waals surface area contributed by atoms with Gasteiger partial charge < -0.3 is 19.7 Å². The summed E-state index contributed by atoms with van der Waals surface area (Å²) in [6.07, 6.45) is -0.278. The largest absolute Gasteiger partial charge is 0.460 e. The molecule has 0 bridgehead atoms. The van der Waals surface area contributed by atoms with E-state index in [1.54, 1.807) is 41.5 Å². The van der Waals surface area contributed by atoms with Crippen molar-refractivity contribution in [1.82, 2.24) is 5.32 Å². The van der Waals surface area contributed by atoms with Crippen molar-refractivity contribution in [3.63, 3.8) is 0 Å². The molecule has 1 rings (SSSR count). The molecule has 1 amide bonds. The van der Waals surface area contributed by atoms with Crippen LogP contribution in [0.5, 0.6) is 0 Å². The number of alkyl halides is 2. The molecule has 0 saturated carbocycles. The van der Waals surface area contributed by atoms with E-state index in [-0.39, 0.29) is 24.1 Å². The van der Waals surface area contributed by atoms with E-state index in [9.17, 15) is 23.2 Å². The molecule has 0 aliphatic carbocycles. The van der Waals surface area contributed by atoms with E-state index < -0.39 is 46.7 Å². The lowest BCUT2D eigenvalue weighted by Gasteiger charge is -2.26. The Bertz CT molecular complexity index is 872. The van der Waals surface area contributed by atoms with E-state index in [0.29, 0.717) is 23.7 Å². The first-order valence-corrected chi connectivity index (χ1v) is 13.4. The van der Waals surface area contributed by atoms with Crippen molar-refractivity contribution in [1.29, 1.82) is 0 Å². The number of anilines is 1. The van der Waals surface area contributed by atoms with Crippen LogP contribution in [-0.4, -0.2) is 58.8 Å². The molecule has 198 valence electrons. The summed E-state index contributed by atoms with van der Waals surface area (Å²) in [5.74, 6) is -4.01. The van der Waals surface area contributed by atoms with Crippen molar-refractivity contribution in [2.75, 3.05) is 28.6 Å². The summed E-state index contributed by atoms with van der Waals surface area (Å²) >= 11 is 6.53. The molecule has 1 unspecified atom stereocenters. The van der Waals surface area contributed by atoms with Gasteiger partial charge in [0, 0.05) is 35.7 Å². The quantitative estimate of drug-likeness (QED) is 0.271. The molecular weight excluding hydrogens is 594 g/mol. The van der Waals surface area contributed by atoms with Crippen LogP contribution in [0.4, 0.5) is 14.5 Å². The highest BCUT2D eigenvalue weighted by atomic mass is 79.9. The number of nitrogens with one attached hydrogen (secondary N) is 1. The van der Waals surface area contributed by atoms with E-state index in [1.807, 2.05) is 0 Å². The van der Waals surface area contributed by atoms with Crippen LogP contribution in [0.1, 0.15) is 64.7 Å². The van der Waals surface area contributed by atoms with Gasteiger partial charge in [-0.05, 0) is 60.1 Å². The van der Waals surface area contributed by atoms with Crippen LogP contribution in [-0.2, 0) is 19.1 Å². The second-order valence-electron chi connectivity index (χ2n) is 9.84. The van der Waals surface area contributed by atoms with Gasteiger partial charge in [-0.15, -0.1) is 0 Å². The van der Waals surface area contributed by atoms with E-state index in [2.05, 4.69) is 37.2 Å². The molecule has 1 atom stereocenters. The molecule has 0 spiro atoms. The summed E-state index contributed by atoms with van der Waals surface area (Å²) in [5.41, 5.74) is -2.10. The first-order chi connectivity index (χ1) is 16.1. The number of ether oxygens (including phenoxy) is 2. The molecule has 0 aliphatic rings. The molecule has 11 heteroatoms. The standard InChI is InChI=1S/C24H34Br2F2N2O5/c1-23(2,3)34-19(31)8-7-18(22(33)35-24(4,5)6)29-21(32)15-13-16(27)20(17(28)14-15)30(11-9-25)12-10-26/h13-14,18H,7-12H2,1-6H3,(H,29,32). The highest BCUT2D eigenvalue weighted by Gasteiger charge is 2.29. The lowest BCUT2D eigenvalue weighted by molar-refractivity contribution is -0.158. The maximum Gasteiger partial charge on any atom is 0.329 e. The zero-order chi connectivity index (χ0) is 27.0. The normalized spacial score (nSPS) is 12.6. The van der Waals surface area contributed by atoms with Crippen molar-refractivity contribution in [3.05, 3.63) is 29.3 Å². The Hall–Kier alpha value is -1.75. The van der Waals surface area contributed by atoms with Crippen LogP contribution in [0, 0.1) is 11.6 Å². The van der Waals surface area contributed by atoms with Crippen LogP contribution in [0.3, 0.4) is 0 Å². The van der Waals surface area contributed by atoms with E-state index in [4.69, 9.17) is 9.47 Å². The Balaban J connectivity index is 3.13. The van der Waals surface area contributed by atoms with Gasteiger partial charge in [0.1, 0.15) is 34.6 Å². The smallest absolute Gasteiger partial charge is 0.329 e. The molecule has 1 aromatic rings. The summed E-state index contributed by atoms with van der Waals surface area (Å²) in [6, 6.07) is 0.616. The van der Waals surface area contributed by atoms with Gasteiger partial charge in [-0.1, -0.05) is 31.9 Å². The molecule has 0 radical (unpaired) electrons. The summed E-state index contributed by atoms with van der Waals surface area (Å²) in [6.45, 7) is 10.8. The Morgan fingerprint density at radius 2 is 1.43 bits per heavy atom. The van der Waals surface area contributed by atoms with Crippen molar-refractivity contribution >= 4 is 55.4 Å². The average molecular weight is 628 g/mol. The minimum Gasteiger partial charge on any atom is -0.460 e. The van der Waals surface area contributed by atoms with Gasteiger partial charge in [0.15, 0.2) is 0 Å². The molecule has 0 saturated heterocycles. The van der Waals surface area contributed by atoms with Crippen molar-refractivity contribution < 1.29 is 32.6 Å². The number of hydrogen-bond donors (Lipinski definition) is 1. The van der Waals surface area contributed by atoms with Crippen LogP contribution >= 0.6 is 31.9 Å². The molecule has 0 aliphatic heterocycles. The molecular formula is C24H34Br2F2N2O5. The van der Waals surface area contributed by atoms with Crippen LogP contribution in [0.15, 0.2) is 12.1 Å². The molecule has 35 heavy (non-hydrogen) atoms. The van der Waals surface area contributed by atoms with Gasteiger partial charge in [-0.25, -0.2) is 13.6 Å². The predicted octanol–water partition coefficient (Wildman–Crippen LogP) is 5.12. The number of amides is 1. The first kappa shape index (κ1) is 31.3. The van der Waals surface area contributed by atoms with E-state index >= 15 is 0 Å². The van der Waals surface area contributed by atoms with Crippen molar-refractivity contribution in [2.24, 2.45) is 0 Å². The highest BCUT2D eigenvalue weighted by molar-refractivity contribution is 9.09. The number of rotatable bonds is 11. The first-order valence-electron chi connectivity index (χ1n) is 11.2. The Labute approximate surface area is 222 Å². The average Bonchev–Trinajstić information content (AvgIpc) is 2.68. The Kier molecular flexibility index (Phi) is 12.1. The van der Waals surface area contributed by atoms with Gasteiger partial charge in [0.05, 0.1) is 0 Å². The van der Waals surface area contributed by atoms with E-state index in [1.165, 1.54) is 4.90 Å². The number of carbonyl (C=O) groups excluding carboxylic acids is 3. The SMILES string of the molecule is CC(C)(C)OC(=O)CCC(NC(=O)c1cc(F)c(N(CCBr)CCBr)c(F)c1)C(=O)OC(C)(C)C. The lowest BCUT2D eigenvalue weighted by atomic mass is 10.1. The van der Waals surface area contributed by atoms with Crippen LogP contribution < -0.4 is 10.2 Å². The topological polar surface area (TPSA) is 84.9 Å². The zero-order valence-corrected chi connectivity index (χ0v) is 24.1. The Morgan fingerprint density at radius 3 is 1.86 bits per heavy atom. The second-order valence-corrected chi connectivity index (χ2v) is 11.4. The third-order valence-corrected chi connectivity index (χ3v) is 5.07. The molecule has 1 N–H and O–H groups in total. The number of carbonyl (C=O) groups is 3. The summed E-state index contributed by atoms with van der Waals surface area (Å²) in [5, 5.41) is 3.44. The molecule has 0 aromatic heterocycles. The number of esters is 2. The number of halogens is 4. The van der Waals surface area contributed by atoms with Gasteiger partial charge in [0.25, 0.3) is 5.91 Å². The zero-order valence-electron chi connectivity index (χ0n) is 21.0. The third-order valence-electron chi connectivity index (χ3n) is 4.36. The lowest BCUT2D eigenvalue weighted by Crippen LogP contribution is -2.44. The molecule has 1 aromatic carbocycles. The van der Waals surface area contributed by atoms with Gasteiger partial charge >= 0.3 is 11.9 Å². The predicted molar refractivity (Wildman–Crippen MR) is 138 cm³/mol.